The second-order valence-electron chi connectivity index (χ2n) is 0.988. The zero-order chi connectivity index (χ0) is 7.49. The maximum Gasteiger partial charge on any atom is 0.257 e. The van der Waals surface area contributed by atoms with Crippen molar-refractivity contribution in [1.29, 1.82) is 0 Å². The maximum atomic E-state index is 9.65. The summed E-state index contributed by atoms with van der Waals surface area (Å²) < 4.78 is 21.4. The minimum Gasteiger partial charge on any atom is -0.261 e. The van der Waals surface area contributed by atoms with Gasteiger partial charge in [-0.15, -0.1) is 0 Å². The van der Waals surface area contributed by atoms with Crippen LogP contribution in [-0.2, 0) is 15.2 Å². The van der Waals surface area contributed by atoms with Crippen molar-refractivity contribution < 1.29 is 12.6 Å². The first-order valence-corrected chi connectivity index (χ1v) is 3.87. The van der Waals surface area contributed by atoms with Crippen LogP contribution >= 0.6 is 34.8 Å². The smallest absolute Gasteiger partial charge is 0.257 e. The SMILES string of the molecule is O=[SH](=O)O[CH]C(Cl)(Cl)Cl. The van der Waals surface area contributed by atoms with Crippen molar-refractivity contribution in [2.75, 3.05) is 0 Å². The molecule has 0 amide bonds. The van der Waals surface area contributed by atoms with Crippen LogP contribution in [0.3, 0.4) is 0 Å². The van der Waals surface area contributed by atoms with Gasteiger partial charge in [-0.1, -0.05) is 34.8 Å². The van der Waals surface area contributed by atoms with E-state index in [1.54, 1.807) is 0 Å². The highest BCUT2D eigenvalue weighted by molar-refractivity contribution is 7.67. The van der Waals surface area contributed by atoms with Gasteiger partial charge in [0.25, 0.3) is 11.0 Å². The van der Waals surface area contributed by atoms with Gasteiger partial charge in [-0.3, -0.25) is 4.18 Å². The normalized spacial score (nSPS) is 12.4. The molecule has 0 aromatic heterocycles. The summed E-state index contributed by atoms with van der Waals surface area (Å²) in [6.45, 7) is 0.587. The molecule has 0 spiro atoms. The van der Waals surface area contributed by atoms with E-state index in [0.717, 1.165) is 0 Å². The quantitative estimate of drug-likeness (QED) is 0.550. The molecule has 7 heteroatoms. The van der Waals surface area contributed by atoms with Crippen LogP contribution in [0.15, 0.2) is 0 Å². The largest absolute Gasteiger partial charge is 0.261 e. The summed E-state index contributed by atoms with van der Waals surface area (Å²) >= 11 is 15.2. The minimum absolute atomic E-state index is 0.587. The van der Waals surface area contributed by atoms with E-state index in [9.17, 15) is 8.42 Å². The standard InChI is InChI=1S/C2H2Cl3O3S/c3-2(4,5)1-8-9(6)7/h1,9H. The van der Waals surface area contributed by atoms with E-state index < -0.39 is 14.8 Å². The molecule has 0 aliphatic carbocycles. The van der Waals surface area contributed by atoms with Gasteiger partial charge in [-0.25, -0.2) is 8.42 Å². The molecule has 0 atom stereocenters. The molecule has 0 fully saturated rings. The maximum absolute atomic E-state index is 9.65. The van der Waals surface area contributed by atoms with Gasteiger partial charge in [-0.2, -0.15) is 0 Å². The molecule has 0 saturated heterocycles. The Bertz CT molecular complexity index is 140. The number of hydrogen-bond acceptors (Lipinski definition) is 3. The van der Waals surface area contributed by atoms with Crippen molar-refractivity contribution in [3.8, 4) is 0 Å². The lowest BCUT2D eigenvalue weighted by atomic mass is 10.9. The summed E-state index contributed by atoms with van der Waals surface area (Å²) in [6, 6.07) is 0. The third-order valence-electron chi connectivity index (χ3n) is 0.272. The average Bonchev–Trinajstić information content (AvgIpc) is 1.59. The molecule has 0 N–H and O–H groups in total. The zero-order valence-electron chi connectivity index (χ0n) is 3.88. The Balaban J connectivity index is 3.52. The predicted molar refractivity (Wildman–Crippen MR) is 36.0 cm³/mol. The van der Waals surface area contributed by atoms with E-state index in [0.29, 0.717) is 6.61 Å². The molecule has 0 aliphatic heterocycles. The van der Waals surface area contributed by atoms with E-state index in [1.807, 2.05) is 0 Å². The van der Waals surface area contributed by atoms with E-state index in [4.69, 9.17) is 34.8 Å². The molecular weight excluding hydrogens is 210 g/mol. The predicted octanol–water partition coefficient (Wildman–Crippen LogP) is 1.06. The summed E-state index contributed by atoms with van der Waals surface area (Å²) in [4.78, 5) is 0. The third-order valence-corrected chi connectivity index (χ3v) is 0.817. The van der Waals surface area contributed by atoms with Gasteiger partial charge in [0, 0.05) is 0 Å². The monoisotopic (exact) mass is 211 g/mol. The molecule has 3 nitrogen and oxygen atoms in total. The second kappa shape index (κ2) is 3.83. The highest BCUT2D eigenvalue weighted by Gasteiger charge is 2.21. The number of hydrogen-bond donors (Lipinski definition) is 1. The van der Waals surface area contributed by atoms with Gasteiger partial charge in [0.15, 0.2) is 6.61 Å². The average molecular weight is 212 g/mol. The van der Waals surface area contributed by atoms with Crippen LogP contribution in [0.2, 0.25) is 0 Å². The second-order valence-corrected chi connectivity index (χ2v) is 4.02. The van der Waals surface area contributed by atoms with Crippen LogP contribution in [0.1, 0.15) is 0 Å². The molecule has 0 bridgehead atoms. The summed E-state index contributed by atoms with van der Waals surface area (Å²) in [5.74, 6) is 0. The van der Waals surface area contributed by atoms with Crippen LogP contribution in [0.4, 0.5) is 0 Å². The van der Waals surface area contributed by atoms with Crippen LogP contribution in [0.25, 0.3) is 0 Å². The molecule has 0 saturated carbocycles. The Kier molecular flexibility index (Phi) is 4.16. The van der Waals surface area contributed by atoms with Gasteiger partial charge in [0.05, 0.1) is 0 Å². The molecule has 1 radical (unpaired) electrons. The van der Waals surface area contributed by atoms with E-state index in [1.165, 1.54) is 0 Å². The first-order valence-electron chi connectivity index (χ1n) is 1.64. The molecule has 0 aromatic carbocycles. The molecule has 0 unspecified atom stereocenters. The first kappa shape index (κ1) is 9.78. The Morgan fingerprint density at radius 3 is 1.89 bits per heavy atom. The lowest BCUT2D eigenvalue weighted by Gasteiger charge is -2.04. The van der Waals surface area contributed by atoms with Crippen molar-refractivity contribution in [2.45, 2.75) is 3.79 Å². The van der Waals surface area contributed by atoms with E-state index in [2.05, 4.69) is 4.18 Å². The Morgan fingerprint density at radius 1 is 1.33 bits per heavy atom. The lowest BCUT2D eigenvalue weighted by Crippen LogP contribution is -2.04. The lowest BCUT2D eigenvalue weighted by molar-refractivity contribution is 0.410. The summed E-state index contributed by atoms with van der Waals surface area (Å²) in [5.41, 5.74) is 0. The fourth-order valence-electron chi connectivity index (χ4n) is 0.103. The van der Waals surface area contributed by atoms with Crippen LogP contribution in [0.5, 0.6) is 0 Å². The first-order chi connectivity index (χ1) is 3.92. The molecule has 0 heterocycles. The molecule has 0 rings (SSSR count). The van der Waals surface area contributed by atoms with E-state index in [-0.39, 0.29) is 0 Å². The minimum atomic E-state index is -2.97. The number of thiol groups is 1. The summed E-state index contributed by atoms with van der Waals surface area (Å²) in [6.07, 6.45) is 0. The molecule has 9 heavy (non-hydrogen) atoms. The number of halogens is 3. The highest BCUT2D eigenvalue weighted by Crippen LogP contribution is 2.29. The van der Waals surface area contributed by atoms with Crippen molar-refractivity contribution >= 4 is 45.8 Å². The van der Waals surface area contributed by atoms with Gasteiger partial charge in [0.2, 0.25) is 3.79 Å². The van der Waals surface area contributed by atoms with Crippen molar-refractivity contribution in [3.05, 3.63) is 6.61 Å². The molecule has 0 aliphatic rings. The van der Waals surface area contributed by atoms with Crippen molar-refractivity contribution in [3.63, 3.8) is 0 Å². The van der Waals surface area contributed by atoms with Gasteiger partial charge in [0.1, 0.15) is 0 Å². The molecule has 55 valence electrons. The highest BCUT2D eigenvalue weighted by atomic mass is 35.6. The van der Waals surface area contributed by atoms with Gasteiger partial charge >= 0.3 is 0 Å². The van der Waals surface area contributed by atoms with Gasteiger partial charge < -0.3 is 0 Å². The molecule has 0 aromatic rings. The van der Waals surface area contributed by atoms with Gasteiger partial charge in [-0.05, 0) is 0 Å². The zero-order valence-corrected chi connectivity index (χ0v) is 7.05. The Labute approximate surface area is 69.0 Å². The van der Waals surface area contributed by atoms with Crippen LogP contribution in [0, 0.1) is 6.61 Å². The molecular formula is C2H2Cl3O3S. The topological polar surface area (TPSA) is 43.4 Å². The van der Waals surface area contributed by atoms with Crippen LogP contribution < -0.4 is 0 Å². The van der Waals surface area contributed by atoms with E-state index >= 15 is 0 Å². The van der Waals surface area contributed by atoms with Crippen LogP contribution in [-0.4, -0.2) is 12.2 Å². The Morgan fingerprint density at radius 2 is 1.78 bits per heavy atom. The number of rotatable bonds is 2. The summed E-state index contributed by atoms with van der Waals surface area (Å²) in [5, 5.41) is 0. The van der Waals surface area contributed by atoms with Crippen molar-refractivity contribution in [1.82, 2.24) is 0 Å². The Hall–Kier alpha value is 0.780. The van der Waals surface area contributed by atoms with Crippen molar-refractivity contribution in [2.24, 2.45) is 0 Å². The number of alkyl halides is 3. The third kappa shape index (κ3) is 8.78. The fourth-order valence-corrected chi connectivity index (χ4v) is 0.667. The fraction of sp³-hybridized carbons (Fsp3) is 0.500. The summed E-state index contributed by atoms with van der Waals surface area (Å²) in [7, 11) is -2.97.